The summed E-state index contributed by atoms with van der Waals surface area (Å²) in [5.41, 5.74) is 0.951. The van der Waals surface area contributed by atoms with Gasteiger partial charge >= 0.3 is 0 Å². The van der Waals surface area contributed by atoms with Gasteiger partial charge in [0, 0.05) is 0 Å². The zero-order chi connectivity index (χ0) is 8.10. The van der Waals surface area contributed by atoms with Crippen LogP contribution in [0.2, 0.25) is 0 Å². The number of aryl methyl sites for hydroxylation is 1. The molecule has 0 aliphatic heterocycles. The van der Waals surface area contributed by atoms with E-state index in [9.17, 15) is 8.42 Å². The van der Waals surface area contributed by atoms with Crippen molar-refractivity contribution in [3.05, 3.63) is 35.9 Å². The summed E-state index contributed by atoms with van der Waals surface area (Å²) < 4.78 is 20.4. The highest BCUT2D eigenvalue weighted by Crippen LogP contribution is 1.97. The molecular formula is C8H9O2S. The molecule has 1 radical (unpaired) electrons. The standard InChI is InChI=1S/C8H9O2S/c9-11(10)7-6-8-4-2-1-3-5-8/h1-4,11H,6-7H2. The second kappa shape index (κ2) is 4.13. The van der Waals surface area contributed by atoms with Crippen LogP contribution in [-0.4, -0.2) is 14.2 Å². The molecule has 0 bridgehead atoms. The summed E-state index contributed by atoms with van der Waals surface area (Å²) in [5.74, 6) is 0.218. The average molecular weight is 169 g/mol. The maximum atomic E-state index is 10.2. The smallest absolute Gasteiger partial charge is 0.140 e. The van der Waals surface area contributed by atoms with Crippen LogP contribution in [0.15, 0.2) is 24.3 Å². The average Bonchev–Trinajstić information content (AvgIpc) is 2.03. The number of rotatable bonds is 3. The van der Waals surface area contributed by atoms with Crippen molar-refractivity contribution in [2.45, 2.75) is 6.42 Å². The Labute approximate surface area is 67.8 Å². The van der Waals surface area contributed by atoms with E-state index in [4.69, 9.17) is 0 Å². The third-order valence-electron chi connectivity index (χ3n) is 1.34. The Bertz CT molecular complexity index is 269. The van der Waals surface area contributed by atoms with Crippen LogP contribution < -0.4 is 0 Å². The van der Waals surface area contributed by atoms with Crippen LogP contribution in [-0.2, 0) is 17.1 Å². The normalized spacial score (nSPS) is 10.3. The minimum absolute atomic E-state index is 0.218. The molecule has 0 spiro atoms. The quantitative estimate of drug-likeness (QED) is 0.674. The summed E-state index contributed by atoms with van der Waals surface area (Å²) in [6, 6.07) is 10.4. The summed E-state index contributed by atoms with van der Waals surface area (Å²) in [6.07, 6.45) is 0.569. The predicted molar refractivity (Wildman–Crippen MR) is 44.2 cm³/mol. The molecule has 3 heteroatoms. The highest BCUT2D eigenvalue weighted by Gasteiger charge is 1.91. The van der Waals surface area contributed by atoms with E-state index in [0.717, 1.165) is 5.56 Å². The van der Waals surface area contributed by atoms with Gasteiger partial charge in [0.25, 0.3) is 0 Å². The van der Waals surface area contributed by atoms with Crippen molar-refractivity contribution in [3.8, 4) is 0 Å². The van der Waals surface area contributed by atoms with Gasteiger partial charge in [-0.1, -0.05) is 24.3 Å². The van der Waals surface area contributed by atoms with E-state index < -0.39 is 10.7 Å². The Balaban J connectivity index is 2.52. The van der Waals surface area contributed by atoms with Crippen LogP contribution in [0.25, 0.3) is 0 Å². The topological polar surface area (TPSA) is 34.1 Å². The maximum absolute atomic E-state index is 10.2. The monoisotopic (exact) mass is 169 g/mol. The molecule has 0 N–H and O–H groups in total. The molecule has 0 atom stereocenters. The summed E-state index contributed by atoms with van der Waals surface area (Å²) in [5, 5.41) is 0. The third-order valence-corrected chi connectivity index (χ3v) is 1.93. The van der Waals surface area contributed by atoms with E-state index in [-0.39, 0.29) is 5.75 Å². The zero-order valence-electron chi connectivity index (χ0n) is 5.99. The fourth-order valence-electron chi connectivity index (χ4n) is 0.798. The van der Waals surface area contributed by atoms with E-state index in [0.29, 0.717) is 6.42 Å². The van der Waals surface area contributed by atoms with Gasteiger partial charge in [0.05, 0.1) is 5.75 Å². The molecule has 0 aliphatic carbocycles. The van der Waals surface area contributed by atoms with E-state index in [1.165, 1.54) is 0 Å². The Morgan fingerprint density at radius 1 is 1.36 bits per heavy atom. The molecule has 0 amide bonds. The minimum Gasteiger partial charge on any atom is -0.232 e. The molecule has 11 heavy (non-hydrogen) atoms. The van der Waals surface area contributed by atoms with Crippen molar-refractivity contribution < 1.29 is 8.42 Å². The van der Waals surface area contributed by atoms with Crippen LogP contribution in [0.5, 0.6) is 0 Å². The fourth-order valence-corrected chi connectivity index (χ4v) is 1.22. The van der Waals surface area contributed by atoms with Crippen molar-refractivity contribution in [3.63, 3.8) is 0 Å². The second-order valence-electron chi connectivity index (χ2n) is 2.19. The van der Waals surface area contributed by atoms with Gasteiger partial charge in [0.2, 0.25) is 0 Å². The first kappa shape index (κ1) is 8.27. The molecule has 0 unspecified atom stereocenters. The highest BCUT2D eigenvalue weighted by atomic mass is 32.2. The SMILES string of the molecule is O=[SH](=O)CCc1[c]cccc1. The number of hydrogen-bond acceptors (Lipinski definition) is 2. The molecule has 1 aromatic carbocycles. The predicted octanol–water partition coefficient (Wildman–Crippen LogP) is 0.641. The molecule has 0 fully saturated rings. The van der Waals surface area contributed by atoms with Gasteiger partial charge < -0.3 is 0 Å². The first-order valence-corrected chi connectivity index (χ1v) is 4.73. The molecule has 0 heterocycles. The number of thiol groups is 1. The van der Waals surface area contributed by atoms with Crippen LogP contribution in [0.4, 0.5) is 0 Å². The number of hydrogen-bond donors (Lipinski definition) is 1. The molecule has 59 valence electrons. The Hall–Kier alpha value is -0.830. The van der Waals surface area contributed by atoms with E-state index >= 15 is 0 Å². The van der Waals surface area contributed by atoms with Crippen LogP contribution >= 0.6 is 0 Å². The lowest BCUT2D eigenvalue weighted by Crippen LogP contribution is -1.92. The van der Waals surface area contributed by atoms with Crippen molar-refractivity contribution in [2.24, 2.45) is 0 Å². The van der Waals surface area contributed by atoms with Crippen molar-refractivity contribution in [1.82, 2.24) is 0 Å². The van der Waals surface area contributed by atoms with E-state index in [2.05, 4.69) is 6.07 Å². The highest BCUT2D eigenvalue weighted by molar-refractivity contribution is 7.72. The van der Waals surface area contributed by atoms with E-state index in [1.807, 2.05) is 18.2 Å². The Morgan fingerprint density at radius 3 is 2.73 bits per heavy atom. The van der Waals surface area contributed by atoms with Gasteiger partial charge in [-0.25, -0.2) is 8.42 Å². The first-order chi connectivity index (χ1) is 5.29. The lowest BCUT2D eigenvalue weighted by molar-refractivity contribution is 0.614. The van der Waals surface area contributed by atoms with Crippen LogP contribution in [0, 0.1) is 6.07 Å². The second-order valence-corrected chi connectivity index (χ2v) is 3.31. The lowest BCUT2D eigenvalue weighted by Gasteiger charge is -1.93. The largest absolute Gasteiger partial charge is 0.232 e. The Kier molecular flexibility index (Phi) is 3.11. The van der Waals surface area contributed by atoms with Gasteiger partial charge in [-0.2, -0.15) is 0 Å². The number of benzene rings is 1. The zero-order valence-corrected chi connectivity index (χ0v) is 6.88. The fraction of sp³-hybridized carbons (Fsp3) is 0.250. The van der Waals surface area contributed by atoms with Crippen LogP contribution in [0.1, 0.15) is 5.56 Å². The van der Waals surface area contributed by atoms with Gasteiger partial charge in [0.15, 0.2) is 0 Å². The molecule has 0 saturated heterocycles. The summed E-state index contributed by atoms with van der Waals surface area (Å²) in [4.78, 5) is 0. The summed E-state index contributed by atoms with van der Waals surface area (Å²) >= 11 is 0. The van der Waals surface area contributed by atoms with Gasteiger partial charge in [-0.15, -0.1) is 0 Å². The molecular weight excluding hydrogens is 160 g/mol. The van der Waals surface area contributed by atoms with Gasteiger partial charge in [0.1, 0.15) is 10.7 Å². The van der Waals surface area contributed by atoms with Gasteiger partial charge in [-0.05, 0) is 18.1 Å². The molecule has 0 saturated carbocycles. The Morgan fingerprint density at radius 2 is 2.18 bits per heavy atom. The molecule has 1 aromatic rings. The maximum Gasteiger partial charge on any atom is 0.140 e. The minimum atomic E-state index is -2.24. The van der Waals surface area contributed by atoms with Crippen LogP contribution in [0.3, 0.4) is 0 Å². The summed E-state index contributed by atoms with van der Waals surface area (Å²) in [6.45, 7) is 0. The molecule has 0 aromatic heterocycles. The summed E-state index contributed by atoms with van der Waals surface area (Å²) in [7, 11) is -2.24. The third kappa shape index (κ3) is 3.18. The molecule has 1 rings (SSSR count). The van der Waals surface area contributed by atoms with Crippen molar-refractivity contribution in [2.75, 3.05) is 5.75 Å². The molecule has 2 nitrogen and oxygen atoms in total. The first-order valence-electron chi connectivity index (χ1n) is 3.36. The lowest BCUT2D eigenvalue weighted by atomic mass is 10.2. The van der Waals surface area contributed by atoms with Crippen molar-refractivity contribution in [1.29, 1.82) is 0 Å². The van der Waals surface area contributed by atoms with Gasteiger partial charge in [-0.3, -0.25) is 0 Å². The van der Waals surface area contributed by atoms with E-state index in [1.54, 1.807) is 6.07 Å². The molecule has 0 aliphatic rings. The van der Waals surface area contributed by atoms with Crippen molar-refractivity contribution >= 4 is 10.7 Å².